The van der Waals surface area contributed by atoms with Gasteiger partial charge >= 0.3 is 0 Å². The first-order chi connectivity index (χ1) is 7.83. The summed E-state index contributed by atoms with van der Waals surface area (Å²) in [5.74, 6) is 0.472. The normalized spacial score (nSPS) is 11.1. The van der Waals surface area contributed by atoms with Gasteiger partial charge in [-0.15, -0.1) is 0 Å². The number of nitrogens with zero attached hydrogens (tertiary/aromatic N) is 1. The van der Waals surface area contributed by atoms with Crippen LogP contribution in [0.1, 0.15) is 31.1 Å². The van der Waals surface area contributed by atoms with Crippen LogP contribution in [0.15, 0.2) is 24.3 Å². The second kappa shape index (κ2) is 5.19. The molecule has 0 N–H and O–H groups in total. The fourth-order valence-electron chi connectivity index (χ4n) is 1.31. The molecular formula is C13H19NO3. The number of hydroxylamine groups is 2. The molecule has 1 rings (SSSR count). The van der Waals surface area contributed by atoms with Gasteiger partial charge in [0.1, 0.15) is 11.4 Å². The lowest BCUT2D eigenvalue weighted by Crippen LogP contribution is -2.26. The third-order valence-corrected chi connectivity index (χ3v) is 2.06. The van der Waals surface area contributed by atoms with Gasteiger partial charge < -0.3 is 4.74 Å². The van der Waals surface area contributed by atoms with E-state index in [0.717, 1.165) is 0 Å². The second-order valence-corrected chi connectivity index (χ2v) is 4.73. The van der Waals surface area contributed by atoms with Gasteiger partial charge in [-0.3, -0.25) is 9.63 Å². The van der Waals surface area contributed by atoms with E-state index in [2.05, 4.69) is 0 Å². The summed E-state index contributed by atoms with van der Waals surface area (Å²) in [6.45, 7) is 5.88. The minimum Gasteiger partial charge on any atom is -0.488 e. The molecule has 0 aromatic heterocycles. The van der Waals surface area contributed by atoms with Crippen molar-refractivity contribution >= 4 is 5.91 Å². The third kappa shape index (κ3) is 4.07. The molecule has 1 aromatic rings. The summed E-state index contributed by atoms with van der Waals surface area (Å²) in [5, 5.41) is 1.18. The van der Waals surface area contributed by atoms with E-state index in [1.165, 1.54) is 12.2 Å². The summed E-state index contributed by atoms with van der Waals surface area (Å²) in [5.41, 5.74) is 0.255. The molecule has 1 amide bonds. The molecule has 0 saturated heterocycles. The maximum Gasteiger partial charge on any atom is 0.277 e. The molecule has 4 nitrogen and oxygen atoms in total. The van der Waals surface area contributed by atoms with Crippen molar-refractivity contribution < 1.29 is 14.4 Å². The molecule has 17 heavy (non-hydrogen) atoms. The van der Waals surface area contributed by atoms with Crippen LogP contribution < -0.4 is 4.74 Å². The molecule has 4 heteroatoms. The van der Waals surface area contributed by atoms with Crippen LogP contribution in [0.3, 0.4) is 0 Å². The predicted molar refractivity (Wildman–Crippen MR) is 65.9 cm³/mol. The van der Waals surface area contributed by atoms with E-state index in [1.54, 1.807) is 25.2 Å². The molecule has 0 bridgehead atoms. The lowest BCUT2D eigenvalue weighted by molar-refractivity contribution is -0.0757. The predicted octanol–water partition coefficient (Wildman–Crippen LogP) is 2.50. The Bertz CT molecular complexity index is 396. The van der Waals surface area contributed by atoms with Gasteiger partial charge in [0.25, 0.3) is 5.91 Å². The average Bonchev–Trinajstić information content (AvgIpc) is 2.25. The Kier molecular flexibility index (Phi) is 4.12. The number of benzene rings is 1. The monoisotopic (exact) mass is 237 g/mol. The van der Waals surface area contributed by atoms with E-state index in [1.807, 2.05) is 26.8 Å². The van der Waals surface area contributed by atoms with Crippen molar-refractivity contribution in [2.24, 2.45) is 0 Å². The van der Waals surface area contributed by atoms with E-state index < -0.39 is 0 Å². The summed E-state index contributed by atoms with van der Waals surface area (Å²) in [4.78, 5) is 16.7. The van der Waals surface area contributed by atoms with Crippen LogP contribution in [0, 0.1) is 0 Å². The highest BCUT2D eigenvalue weighted by Gasteiger charge is 2.15. The first-order valence-corrected chi connectivity index (χ1v) is 5.45. The summed E-state index contributed by atoms with van der Waals surface area (Å²) >= 11 is 0. The lowest BCUT2D eigenvalue weighted by Gasteiger charge is -2.22. The van der Waals surface area contributed by atoms with Gasteiger partial charge in [0.05, 0.1) is 7.11 Å². The Morgan fingerprint density at radius 2 is 1.94 bits per heavy atom. The highest BCUT2D eigenvalue weighted by Crippen LogP contribution is 2.19. The van der Waals surface area contributed by atoms with Crippen molar-refractivity contribution in [3.8, 4) is 5.75 Å². The Hall–Kier alpha value is -1.55. The number of carbonyl (C=O) groups is 1. The zero-order chi connectivity index (χ0) is 13.1. The number of ether oxygens (including phenoxy) is 1. The topological polar surface area (TPSA) is 38.8 Å². The van der Waals surface area contributed by atoms with Crippen LogP contribution >= 0.6 is 0 Å². The average molecular weight is 237 g/mol. The second-order valence-electron chi connectivity index (χ2n) is 4.73. The van der Waals surface area contributed by atoms with Crippen molar-refractivity contribution in [3.63, 3.8) is 0 Å². The Balaban J connectivity index is 2.90. The first-order valence-electron chi connectivity index (χ1n) is 5.45. The minimum atomic E-state index is -0.283. The van der Waals surface area contributed by atoms with Crippen molar-refractivity contribution in [1.82, 2.24) is 5.06 Å². The van der Waals surface area contributed by atoms with Crippen LogP contribution in [0.4, 0.5) is 0 Å². The van der Waals surface area contributed by atoms with Crippen molar-refractivity contribution in [1.29, 1.82) is 0 Å². The first kappa shape index (κ1) is 13.5. The number of carbonyl (C=O) groups excluding carboxylic acids is 1. The summed E-state index contributed by atoms with van der Waals surface area (Å²) in [7, 11) is 3.02. The van der Waals surface area contributed by atoms with Gasteiger partial charge in [-0.2, -0.15) is 0 Å². The Morgan fingerprint density at radius 1 is 1.29 bits per heavy atom. The van der Waals surface area contributed by atoms with E-state index in [0.29, 0.717) is 11.3 Å². The molecule has 1 aromatic carbocycles. The van der Waals surface area contributed by atoms with Crippen LogP contribution in [0.5, 0.6) is 5.75 Å². The summed E-state index contributed by atoms with van der Waals surface area (Å²) < 4.78 is 5.69. The smallest absolute Gasteiger partial charge is 0.277 e. The number of amides is 1. The zero-order valence-electron chi connectivity index (χ0n) is 11.0. The quantitative estimate of drug-likeness (QED) is 0.758. The Morgan fingerprint density at radius 3 is 2.47 bits per heavy atom. The fraction of sp³-hybridized carbons (Fsp3) is 0.462. The van der Waals surface area contributed by atoms with Crippen molar-refractivity contribution in [2.75, 3.05) is 14.2 Å². The zero-order valence-corrected chi connectivity index (χ0v) is 11.0. The van der Waals surface area contributed by atoms with Crippen LogP contribution in [0.25, 0.3) is 0 Å². The number of rotatable bonds is 3. The van der Waals surface area contributed by atoms with Gasteiger partial charge in [0.15, 0.2) is 0 Å². The molecule has 0 aliphatic carbocycles. The minimum absolute atomic E-state index is 0.202. The van der Waals surface area contributed by atoms with E-state index in [-0.39, 0.29) is 11.5 Å². The van der Waals surface area contributed by atoms with E-state index in [4.69, 9.17) is 9.57 Å². The molecule has 94 valence electrons. The van der Waals surface area contributed by atoms with Gasteiger partial charge in [-0.1, -0.05) is 6.07 Å². The molecule has 0 radical (unpaired) electrons. The Labute approximate surface area is 102 Å². The van der Waals surface area contributed by atoms with Crippen LogP contribution in [-0.2, 0) is 4.84 Å². The van der Waals surface area contributed by atoms with Crippen LogP contribution in [-0.4, -0.2) is 30.7 Å². The molecule has 0 heterocycles. The summed E-state index contributed by atoms with van der Waals surface area (Å²) in [6, 6.07) is 7.06. The molecule has 0 aliphatic heterocycles. The highest BCUT2D eigenvalue weighted by molar-refractivity contribution is 5.93. The molecule has 0 atom stereocenters. The number of hydrogen-bond donors (Lipinski definition) is 0. The molecule has 0 aliphatic rings. The lowest BCUT2D eigenvalue weighted by atomic mass is 10.1. The highest BCUT2D eigenvalue weighted by atomic mass is 16.7. The SMILES string of the molecule is CON(C)C(=O)c1cccc(OC(C)(C)C)c1. The standard InChI is InChI=1S/C13H19NO3/c1-13(2,3)17-11-8-6-7-10(9-11)12(15)14(4)16-5/h6-9H,1-5H3. The molecule has 0 unspecified atom stereocenters. The van der Waals surface area contributed by atoms with Crippen molar-refractivity contribution in [3.05, 3.63) is 29.8 Å². The summed E-state index contributed by atoms with van der Waals surface area (Å²) in [6.07, 6.45) is 0. The molecular weight excluding hydrogens is 218 g/mol. The van der Waals surface area contributed by atoms with Crippen LogP contribution in [0.2, 0.25) is 0 Å². The molecule has 0 saturated carbocycles. The van der Waals surface area contributed by atoms with Gasteiger partial charge in [-0.25, -0.2) is 5.06 Å². The largest absolute Gasteiger partial charge is 0.488 e. The fourth-order valence-corrected chi connectivity index (χ4v) is 1.31. The van der Waals surface area contributed by atoms with Gasteiger partial charge in [0.2, 0.25) is 0 Å². The van der Waals surface area contributed by atoms with E-state index >= 15 is 0 Å². The third-order valence-electron chi connectivity index (χ3n) is 2.06. The molecule has 0 spiro atoms. The molecule has 0 fully saturated rings. The van der Waals surface area contributed by atoms with Gasteiger partial charge in [-0.05, 0) is 39.0 Å². The van der Waals surface area contributed by atoms with Gasteiger partial charge in [0, 0.05) is 12.6 Å². The van der Waals surface area contributed by atoms with E-state index in [9.17, 15) is 4.79 Å². The maximum absolute atomic E-state index is 11.8. The maximum atomic E-state index is 11.8. The number of hydrogen-bond acceptors (Lipinski definition) is 3. The van der Waals surface area contributed by atoms with Crippen molar-refractivity contribution in [2.45, 2.75) is 26.4 Å².